The molecule has 148 valence electrons. The van der Waals surface area contributed by atoms with Crippen molar-refractivity contribution in [1.82, 2.24) is 10.2 Å². The van der Waals surface area contributed by atoms with Gasteiger partial charge in [-0.25, -0.2) is 0 Å². The number of nitrogens with one attached hydrogen (secondary N) is 1. The molecule has 2 unspecified atom stereocenters. The summed E-state index contributed by atoms with van der Waals surface area (Å²) in [5.74, 6) is -0.228. The van der Waals surface area contributed by atoms with E-state index in [1.165, 1.54) is 0 Å². The zero-order valence-electron chi connectivity index (χ0n) is 15.1. The molecule has 5 aliphatic rings. The Bertz CT molecular complexity index is 665. The van der Waals surface area contributed by atoms with Gasteiger partial charge >= 0.3 is 5.97 Å². The summed E-state index contributed by atoms with van der Waals surface area (Å²) in [4.78, 5) is 48.7. The number of amides is 3. The number of carbonyl (C=O) groups is 4. The Morgan fingerprint density at radius 3 is 2.52 bits per heavy atom. The lowest BCUT2D eigenvalue weighted by Gasteiger charge is -2.58. The van der Waals surface area contributed by atoms with Crippen LogP contribution in [-0.4, -0.2) is 64.1 Å². The number of hydrogen-bond acceptors (Lipinski definition) is 7. The fourth-order valence-corrected chi connectivity index (χ4v) is 6.44. The van der Waals surface area contributed by atoms with Crippen LogP contribution >= 0.6 is 11.8 Å². The van der Waals surface area contributed by atoms with Gasteiger partial charge in [-0.2, -0.15) is 0 Å². The molecule has 9 heteroatoms. The Kier molecular flexibility index (Phi) is 4.70. The zero-order valence-corrected chi connectivity index (χ0v) is 15.9. The van der Waals surface area contributed by atoms with Crippen LogP contribution < -0.4 is 5.32 Å². The van der Waals surface area contributed by atoms with Crippen molar-refractivity contribution in [2.24, 2.45) is 17.3 Å². The fourth-order valence-electron chi connectivity index (χ4n) is 5.69. The minimum Gasteiger partial charge on any atom is -0.455 e. The Labute approximate surface area is 161 Å². The molecule has 5 fully saturated rings. The van der Waals surface area contributed by atoms with Gasteiger partial charge in [-0.1, -0.05) is 11.8 Å². The van der Waals surface area contributed by atoms with Gasteiger partial charge in [0, 0.05) is 13.1 Å². The number of ether oxygens (including phenoxy) is 1. The molecule has 0 aromatic rings. The van der Waals surface area contributed by atoms with E-state index in [1.807, 2.05) is 0 Å². The maximum atomic E-state index is 12.7. The van der Waals surface area contributed by atoms with Crippen LogP contribution in [0.15, 0.2) is 0 Å². The topological polar surface area (TPSA) is 113 Å². The Morgan fingerprint density at radius 1 is 1.22 bits per heavy atom. The fraction of sp³-hybridized carbons (Fsp3) is 0.778. The minimum atomic E-state index is -0.752. The van der Waals surface area contributed by atoms with Crippen LogP contribution in [0.5, 0.6) is 0 Å². The van der Waals surface area contributed by atoms with Crippen molar-refractivity contribution < 1.29 is 29.0 Å². The SMILES string of the molecule is O=C(COC(=O)C12CC3CC(CC(O)(C3)C1)C2)NCCN1C(=O)CSC1=O. The van der Waals surface area contributed by atoms with E-state index in [0.717, 1.165) is 48.8 Å². The average molecular weight is 396 g/mol. The molecule has 2 atom stereocenters. The molecule has 0 spiro atoms. The molecule has 2 N–H and O–H groups in total. The summed E-state index contributed by atoms with van der Waals surface area (Å²) < 4.78 is 5.28. The minimum absolute atomic E-state index is 0.116. The van der Waals surface area contributed by atoms with Crippen molar-refractivity contribution in [3.8, 4) is 0 Å². The van der Waals surface area contributed by atoms with Gasteiger partial charge in [-0.05, 0) is 50.4 Å². The summed E-state index contributed by atoms with van der Waals surface area (Å²) in [5, 5.41) is 13.0. The number of hydrogen-bond donors (Lipinski definition) is 2. The highest BCUT2D eigenvalue weighted by Crippen LogP contribution is 2.61. The molecule has 4 bridgehead atoms. The predicted octanol–water partition coefficient (Wildman–Crippen LogP) is 0.672. The third-order valence-corrected chi connectivity index (χ3v) is 7.15. The quantitative estimate of drug-likeness (QED) is 0.635. The molecule has 3 amide bonds. The third kappa shape index (κ3) is 3.59. The Balaban J connectivity index is 1.24. The lowest BCUT2D eigenvalue weighted by Crippen LogP contribution is -2.58. The van der Waals surface area contributed by atoms with E-state index in [4.69, 9.17) is 4.74 Å². The highest BCUT2D eigenvalue weighted by Gasteiger charge is 2.60. The molecule has 4 saturated carbocycles. The first kappa shape index (κ1) is 18.7. The lowest BCUT2D eigenvalue weighted by atomic mass is 9.48. The van der Waals surface area contributed by atoms with Crippen LogP contribution in [0.2, 0.25) is 0 Å². The zero-order chi connectivity index (χ0) is 19.2. The lowest BCUT2D eigenvalue weighted by molar-refractivity contribution is -0.196. The number of rotatable bonds is 6. The van der Waals surface area contributed by atoms with Crippen LogP contribution in [0.4, 0.5) is 4.79 Å². The Hall–Kier alpha value is -1.61. The van der Waals surface area contributed by atoms with Crippen molar-refractivity contribution in [3.05, 3.63) is 0 Å². The first-order chi connectivity index (χ1) is 12.8. The van der Waals surface area contributed by atoms with Crippen molar-refractivity contribution in [3.63, 3.8) is 0 Å². The van der Waals surface area contributed by atoms with Gasteiger partial charge in [0.2, 0.25) is 5.91 Å². The summed E-state index contributed by atoms with van der Waals surface area (Å²) in [5.41, 5.74) is -1.40. The van der Waals surface area contributed by atoms with E-state index in [1.54, 1.807) is 0 Å². The Morgan fingerprint density at radius 2 is 1.93 bits per heavy atom. The van der Waals surface area contributed by atoms with E-state index >= 15 is 0 Å². The number of esters is 1. The molecule has 1 aliphatic heterocycles. The van der Waals surface area contributed by atoms with E-state index in [0.29, 0.717) is 18.3 Å². The highest BCUT2D eigenvalue weighted by molar-refractivity contribution is 8.14. The van der Waals surface area contributed by atoms with Crippen LogP contribution in [0.1, 0.15) is 38.5 Å². The summed E-state index contributed by atoms with van der Waals surface area (Å²) in [7, 11) is 0. The second kappa shape index (κ2) is 6.77. The van der Waals surface area contributed by atoms with E-state index < -0.39 is 16.9 Å². The van der Waals surface area contributed by atoms with Gasteiger partial charge in [0.25, 0.3) is 11.1 Å². The molecule has 4 aliphatic carbocycles. The molecule has 0 aromatic heterocycles. The first-order valence-corrected chi connectivity index (χ1v) is 10.4. The average Bonchev–Trinajstić information content (AvgIpc) is 2.89. The normalized spacial score (nSPS) is 37.0. The van der Waals surface area contributed by atoms with Crippen molar-refractivity contribution in [1.29, 1.82) is 0 Å². The van der Waals surface area contributed by atoms with Gasteiger partial charge in [-0.15, -0.1) is 0 Å². The van der Waals surface area contributed by atoms with E-state index in [-0.39, 0.29) is 42.6 Å². The van der Waals surface area contributed by atoms with Crippen LogP contribution in [0, 0.1) is 17.3 Å². The molecule has 5 rings (SSSR count). The summed E-state index contributed by atoms with van der Waals surface area (Å²) >= 11 is 0.948. The van der Waals surface area contributed by atoms with Crippen LogP contribution in [-0.2, 0) is 19.1 Å². The largest absolute Gasteiger partial charge is 0.455 e. The second-order valence-corrected chi connectivity index (χ2v) is 9.42. The first-order valence-electron chi connectivity index (χ1n) is 9.42. The summed E-state index contributed by atoms with van der Waals surface area (Å²) in [6.07, 6.45) is 4.52. The molecular formula is C18H24N2O6S. The standard InChI is InChI=1S/C18H24N2O6S/c21-13(19-1-2-20-14(22)9-27-16(20)24)8-26-15(23)17-4-11-3-12(5-17)7-18(25,6-11)10-17/h11-12,25H,1-10H2,(H,19,21). The third-order valence-electron chi connectivity index (χ3n) is 6.30. The predicted molar refractivity (Wildman–Crippen MR) is 95.6 cm³/mol. The van der Waals surface area contributed by atoms with Gasteiger partial charge in [0.05, 0.1) is 16.8 Å². The molecule has 8 nitrogen and oxygen atoms in total. The molecule has 0 aromatic carbocycles. The smallest absolute Gasteiger partial charge is 0.312 e. The number of imide groups is 1. The van der Waals surface area contributed by atoms with Crippen LogP contribution in [0.25, 0.3) is 0 Å². The molecular weight excluding hydrogens is 372 g/mol. The van der Waals surface area contributed by atoms with Gasteiger partial charge < -0.3 is 15.2 Å². The highest BCUT2D eigenvalue weighted by atomic mass is 32.2. The van der Waals surface area contributed by atoms with Gasteiger partial charge in [0.15, 0.2) is 6.61 Å². The second-order valence-electron chi connectivity index (χ2n) is 8.49. The number of aliphatic hydroxyl groups is 1. The summed E-state index contributed by atoms with van der Waals surface area (Å²) in [6.45, 7) is -0.140. The molecule has 1 saturated heterocycles. The van der Waals surface area contributed by atoms with Crippen LogP contribution in [0.3, 0.4) is 0 Å². The molecule has 27 heavy (non-hydrogen) atoms. The van der Waals surface area contributed by atoms with Crippen molar-refractivity contribution in [2.45, 2.75) is 44.1 Å². The van der Waals surface area contributed by atoms with E-state index in [9.17, 15) is 24.3 Å². The summed E-state index contributed by atoms with van der Waals surface area (Å²) in [6, 6.07) is 0. The number of carbonyl (C=O) groups excluding carboxylic acids is 4. The van der Waals surface area contributed by atoms with Crippen molar-refractivity contribution >= 4 is 34.8 Å². The maximum absolute atomic E-state index is 12.7. The van der Waals surface area contributed by atoms with Gasteiger partial charge in [0.1, 0.15) is 0 Å². The molecule has 0 radical (unpaired) electrons. The van der Waals surface area contributed by atoms with Gasteiger partial charge in [-0.3, -0.25) is 24.1 Å². The monoisotopic (exact) mass is 396 g/mol. The number of thioether (sulfide) groups is 1. The molecule has 1 heterocycles. The number of nitrogens with zero attached hydrogens (tertiary/aromatic N) is 1. The van der Waals surface area contributed by atoms with E-state index in [2.05, 4.69) is 5.32 Å². The maximum Gasteiger partial charge on any atom is 0.312 e. The van der Waals surface area contributed by atoms with Crippen molar-refractivity contribution in [2.75, 3.05) is 25.4 Å².